The number of hydrogen-bond acceptors (Lipinski definition) is 7. The Balaban J connectivity index is 1.85. The molecule has 3 rings (SSSR count). The van der Waals surface area contributed by atoms with Gasteiger partial charge in [0, 0.05) is 37.1 Å². The predicted octanol–water partition coefficient (Wildman–Crippen LogP) is 2.91. The molecule has 0 atom stereocenters. The highest BCUT2D eigenvalue weighted by atomic mass is 32.2. The molecule has 2 aromatic rings. The van der Waals surface area contributed by atoms with Crippen LogP contribution in [-0.4, -0.2) is 68.8 Å². The largest absolute Gasteiger partial charge is 0.450 e. The molecule has 10 nitrogen and oxygen atoms in total. The van der Waals surface area contributed by atoms with E-state index >= 15 is 0 Å². The van der Waals surface area contributed by atoms with Crippen molar-refractivity contribution in [3.8, 4) is 0 Å². The molecule has 190 valence electrons. The maximum absolute atomic E-state index is 13.0. The van der Waals surface area contributed by atoms with Crippen molar-refractivity contribution in [1.29, 1.82) is 0 Å². The van der Waals surface area contributed by atoms with Gasteiger partial charge in [0.05, 0.1) is 23.6 Å². The van der Waals surface area contributed by atoms with E-state index in [0.717, 1.165) is 10.4 Å². The predicted molar refractivity (Wildman–Crippen MR) is 133 cm³/mol. The van der Waals surface area contributed by atoms with Crippen LogP contribution in [0.15, 0.2) is 29.2 Å². The van der Waals surface area contributed by atoms with Crippen LogP contribution in [0.25, 0.3) is 0 Å². The molecule has 1 aromatic carbocycles. The van der Waals surface area contributed by atoms with Crippen molar-refractivity contribution in [3.05, 3.63) is 45.8 Å². The van der Waals surface area contributed by atoms with Crippen LogP contribution in [0.4, 0.5) is 9.80 Å². The fourth-order valence-electron chi connectivity index (χ4n) is 3.89. The Bertz CT molecular complexity index is 1200. The summed E-state index contributed by atoms with van der Waals surface area (Å²) in [6, 6.07) is 5.69. The molecule has 0 spiro atoms. The van der Waals surface area contributed by atoms with E-state index in [1.54, 1.807) is 25.7 Å². The van der Waals surface area contributed by atoms with Crippen LogP contribution in [0.1, 0.15) is 51.9 Å². The van der Waals surface area contributed by atoms with E-state index in [1.165, 1.54) is 47.0 Å². The fourth-order valence-corrected chi connectivity index (χ4v) is 6.61. The zero-order valence-electron chi connectivity index (χ0n) is 20.2. The summed E-state index contributed by atoms with van der Waals surface area (Å²) in [5, 5.41) is 5.79. The minimum Gasteiger partial charge on any atom is -0.450 e. The number of anilines is 1. The van der Waals surface area contributed by atoms with Crippen molar-refractivity contribution in [2.75, 3.05) is 38.6 Å². The average molecular weight is 523 g/mol. The first-order valence-corrected chi connectivity index (χ1v) is 13.6. The Hall–Kier alpha value is -2.96. The molecule has 2 N–H and O–H groups in total. The van der Waals surface area contributed by atoms with Crippen LogP contribution in [-0.2, 0) is 27.7 Å². The summed E-state index contributed by atoms with van der Waals surface area (Å²) in [5.41, 5.74) is 1.43. The average Bonchev–Trinajstić information content (AvgIpc) is 3.21. The molecule has 0 saturated carbocycles. The van der Waals surface area contributed by atoms with Gasteiger partial charge in [-0.05, 0) is 43.2 Å². The van der Waals surface area contributed by atoms with E-state index in [9.17, 15) is 22.8 Å². The number of carbonyl (C=O) groups excluding carboxylic acids is 3. The van der Waals surface area contributed by atoms with E-state index in [-0.39, 0.29) is 29.5 Å². The number of carbonyl (C=O) groups is 3. The number of fused-ring (bicyclic) bond motifs is 1. The minimum atomic E-state index is -3.63. The van der Waals surface area contributed by atoms with E-state index in [2.05, 4.69) is 10.6 Å². The lowest BCUT2D eigenvalue weighted by molar-refractivity contribution is 0.0961. The van der Waals surface area contributed by atoms with Gasteiger partial charge in [0.1, 0.15) is 5.00 Å². The number of nitrogens with zero attached hydrogens (tertiary/aromatic N) is 2. The van der Waals surface area contributed by atoms with Crippen LogP contribution >= 0.6 is 11.3 Å². The van der Waals surface area contributed by atoms with Gasteiger partial charge in [-0.3, -0.25) is 9.59 Å². The summed E-state index contributed by atoms with van der Waals surface area (Å²) in [4.78, 5) is 40.2. The molecule has 0 unspecified atom stereocenters. The van der Waals surface area contributed by atoms with Crippen LogP contribution in [0.2, 0.25) is 0 Å². The number of hydrogen-bond donors (Lipinski definition) is 2. The van der Waals surface area contributed by atoms with Gasteiger partial charge in [0.15, 0.2) is 0 Å². The first kappa shape index (κ1) is 26.6. The Morgan fingerprint density at radius 3 is 2.31 bits per heavy atom. The van der Waals surface area contributed by atoms with Gasteiger partial charge in [-0.15, -0.1) is 11.3 Å². The Morgan fingerprint density at radius 2 is 1.74 bits per heavy atom. The number of thiophene rings is 1. The van der Waals surface area contributed by atoms with Crippen molar-refractivity contribution >= 4 is 44.3 Å². The van der Waals surface area contributed by atoms with Crippen molar-refractivity contribution in [2.24, 2.45) is 0 Å². The third kappa shape index (κ3) is 5.49. The lowest BCUT2D eigenvalue weighted by Crippen LogP contribution is -2.36. The highest BCUT2D eigenvalue weighted by Crippen LogP contribution is 2.37. The van der Waals surface area contributed by atoms with E-state index in [0.29, 0.717) is 36.6 Å². The molecule has 2 heterocycles. The third-order valence-corrected chi connectivity index (χ3v) is 8.92. The second-order valence-electron chi connectivity index (χ2n) is 7.73. The van der Waals surface area contributed by atoms with Crippen molar-refractivity contribution in [1.82, 2.24) is 14.5 Å². The second kappa shape index (κ2) is 11.2. The molecule has 0 fully saturated rings. The minimum absolute atomic E-state index is 0.106. The summed E-state index contributed by atoms with van der Waals surface area (Å²) in [6.45, 7) is 6.92. The van der Waals surface area contributed by atoms with E-state index in [4.69, 9.17) is 4.74 Å². The van der Waals surface area contributed by atoms with Gasteiger partial charge in [-0.2, -0.15) is 4.31 Å². The molecule has 1 aromatic heterocycles. The molecule has 35 heavy (non-hydrogen) atoms. The maximum Gasteiger partial charge on any atom is 0.410 e. The maximum atomic E-state index is 13.0. The topological polar surface area (TPSA) is 125 Å². The van der Waals surface area contributed by atoms with Crippen LogP contribution in [0.5, 0.6) is 0 Å². The molecular weight excluding hydrogens is 492 g/mol. The summed E-state index contributed by atoms with van der Waals surface area (Å²) in [6.07, 6.45) is 0.0413. The molecule has 0 saturated heterocycles. The van der Waals surface area contributed by atoms with Crippen molar-refractivity contribution in [2.45, 2.75) is 38.6 Å². The zero-order chi connectivity index (χ0) is 25.8. The molecule has 1 aliphatic heterocycles. The van der Waals surface area contributed by atoms with E-state index < -0.39 is 22.0 Å². The third-order valence-electron chi connectivity index (χ3n) is 5.72. The molecule has 3 amide bonds. The highest BCUT2D eigenvalue weighted by Gasteiger charge is 2.31. The lowest BCUT2D eigenvalue weighted by atomic mass is 10.0. The number of ether oxygens (including phenoxy) is 1. The number of rotatable bonds is 8. The van der Waals surface area contributed by atoms with Gasteiger partial charge in [0.25, 0.3) is 11.8 Å². The Labute approximate surface area is 209 Å². The molecule has 1 aliphatic rings. The summed E-state index contributed by atoms with van der Waals surface area (Å²) < 4.78 is 31.8. The van der Waals surface area contributed by atoms with E-state index in [1.807, 2.05) is 0 Å². The number of benzene rings is 1. The van der Waals surface area contributed by atoms with Crippen LogP contribution < -0.4 is 10.6 Å². The standard InChI is InChI=1S/C23H30N4O6S2/c1-5-27(6-2)35(31,32)16-10-8-15(9-11-16)20(28)25-22-19(21(29)24-4)17-12-13-26(14-18(17)34-22)23(30)33-7-3/h8-11H,5-7,12-14H2,1-4H3,(H,24,29)(H,25,28). The SMILES string of the molecule is CCOC(=O)N1CCc2c(sc(NC(=O)c3ccc(S(=O)(=O)N(CC)CC)cc3)c2C(=O)NC)C1. The van der Waals surface area contributed by atoms with Gasteiger partial charge in [-0.1, -0.05) is 13.8 Å². The van der Waals surface area contributed by atoms with Crippen molar-refractivity contribution < 1.29 is 27.5 Å². The molecule has 0 bridgehead atoms. The highest BCUT2D eigenvalue weighted by molar-refractivity contribution is 7.89. The first-order chi connectivity index (χ1) is 16.7. The lowest BCUT2D eigenvalue weighted by Gasteiger charge is -2.26. The normalized spacial score (nSPS) is 13.3. The van der Waals surface area contributed by atoms with Crippen LogP contribution in [0.3, 0.4) is 0 Å². The second-order valence-corrected chi connectivity index (χ2v) is 10.8. The van der Waals surface area contributed by atoms with Crippen molar-refractivity contribution in [3.63, 3.8) is 0 Å². The Morgan fingerprint density at radius 1 is 1.09 bits per heavy atom. The summed E-state index contributed by atoms with van der Waals surface area (Å²) >= 11 is 1.24. The van der Waals surface area contributed by atoms with Gasteiger partial charge >= 0.3 is 6.09 Å². The van der Waals surface area contributed by atoms with Gasteiger partial charge in [0.2, 0.25) is 10.0 Å². The molecular formula is C23H30N4O6S2. The molecule has 12 heteroatoms. The molecule has 0 aliphatic carbocycles. The summed E-state index contributed by atoms with van der Waals surface area (Å²) in [7, 11) is -2.12. The van der Waals surface area contributed by atoms with Crippen LogP contribution in [0, 0.1) is 0 Å². The summed E-state index contributed by atoms with van der Waals surface area (Å²) in [5.74, 6) is -0.800. The Kier molecular flexibility index (Phi) is 8.51. The van der Waals surface area contributed by atoms with Gasteiger partial charge < -0.3 is 20.3 Å². The quantitative estimate of drug-likeness (QED) is 0.549. The number of amides is 3. The van der Waals surface area contributed by atoms with Gasteiger partial charge in [-0.25, -0.2) is 13.2 Å². The molecule has 0 radical (unpaired) electrons. The monoisotopic (exact) mass is 522 g/mol. The first-order valence-electron chi connectivity index (χ1n) is 11.4. The smallest absolute Gasteiger partial charge is 0.410 e. The number of sulfonamides is 1. The fraction of sp³-hybridized carbons (Fsp3) is 0.435. The zero-order valence-corrected chi connectivity index (χ0v) is 21.8. The number of nitrogens with one attached hydrogen (secondary N) is 2.